The molecule has 116 valence electrons. The molecule has 0 atom stereocenters. The molecule has 0 radical (unpaired) electrons. The molecule has 1 heterocycles. The number of hydrogen-bond donors (Lipinski definition) is 1. The van der Waals surface area contributed by atoms with Crippen molar-refractivity contribution in [2.45, 2.75) is 31.3 Å². The molecule has 0 saturated heterocycles. The van der Waals surface area contributed by atoms with Crippen LogP contribution in [0.4, 0.5) is 39.5 Å². The van der Waals surface area contributed by atoms with E-state index in [0.29, 0.717) is 6.20 Å². The highest BCUT2D eigenvalue weighted by molar-refractivity contribution is 8.04. The number of aromatic nitrogens is 1. The van der Waals surface area contributed by atoms with Crippen molar-refractivity contribution < 1.29 is 39.5 Å². The van der Waals surface area contributed by atoms with E-state index >= 15 is 0 Å². The SMILES string of the molecule is FC(F)(F)Sc1c[nH]c(SC(F)(F)F)c1SC(F)(F)F. The summed E-state index contributed by atoms with van der Waals surface area (Å²) in [5, 5.41) is -1.04. The minimum absolute atomic E-state index is 0.459. The predicted octanol–water partition coefficient (Wildman–Crippen LogP) is 5.85. The average molecular weight is 367 g/mol. The Kier molecular flexibility index (Phi) is 5.17. The van der Waals surface area contributed by atoms with Crippen LogP contribution in [0.3, 0.4) is 0 Å². The van der Waals surface area contributed by atoms with E-state index in [1.165, 1.54) is 0 Å². The molecule has 0 aliphatic heterocycles. The zero-order valence-corrected chi connectivity index (χ0v) is 11.2. The number of rotatable bonds is 3. The van der Waals surface area contributed by atoms with Crippen LogP contribution in [-0.2, 0) is 0 Å². The first kappa shape index (κ1) is 17.8. The Balaban J connectivity index is 3.12. The van der Waals surface area contributed by atoms with Crippen molar-refractivity contribution in [2.75, 3.05) is 0 Å². The third kappa shape index (κ3) is 6.43. The van der Waals surface area contributed by atoms with Gasteiger partial charge in [-0.3, -0.25) is 0 Å². The lowest BCUT2D eigenvalue weighted by Crippen LogP contribution is -2.04. The van der Waals surface area contributed by atoms with Crippen LogP contribution in [0.25, 0.3) is 0 Å². The Morgan fingerprint density at radius 3 is 1.55 bits per heavy atom. The van der Waals surface area contributed by atoms with E-state index < -0.39 is 66.6 Å². The molecule has 1 N–H and O–H groups in total. The third-order valence-electron chi connectivity index (χ3n) is 1.43. The Morgan fingerprint density at radius 1 is 0.700 bits per heavy atom. The summed E-state index contributed by atoms with van der Waals surface area (Å²) >= 11 is -2.89. The van der Waals surface area contributed by atoms with E-state index in [1.807, 2.05) is 0 Å². The van der Waals surface area contributed by atoms with Crippen molar-refractivity contribution in [3.05, 3.63) is 6.20 Å². The van der Waals surface area contributed by atoms with Crippen molar-refractivity contribution >= 4 is 35.3 Å². The van der Waals surface area contributed by atoms with Gasteiger partial charge in [-0.2, -0.15) is 39.5 Å². The molecule has 0 fully saturated rings. The summed E-state index contributed by atoms with van der Waals surface area (Å²) in [5.74, 6) is 0. The number of nitrogens with one attached hydrogen (secondary N) is 1. The molecule has 1 aromatic heterocycles. The normalized spacial score (nSPS) is 13.8. The summed E-state index contributed by atoms with van der Waals surface area (Å²) in [6, 6.07) is 0. The standard InChI is InChI=1S/C7H2F9NS3/c8-5(9,10)18-2-1-17-4(20-7(14,15)16)3(2)19-6(11,12)13/h1,17H. The molecule has 13 heteroatoms. The summed E-state index contributed by atoms with van der Waals surface area (Å²) in [4.78, 5) is -0.340. The van der Waals surface area contributed by atoms with Crippen molar-refractivity contribution in [1.29, 1.82) is 0 Å². The Morgan fingerprint density at radius 2 is 1.15 bits per heavy atom. The maximum atomic E-state index is 12.2. The molecule has 0 bridgehead atoms. The van der Waals surface area contributed by atoms with Crippen LogP contribution in [0.15, 0.2) is 21.0 Å². The molecule has 0 saturated carbocycles. The van der Waals surface area contributed by atoms with Crippen LogP contribution in [0.2, 0.25) is 0 Å². The van der Waals surface area contributed by atoms with E-state index in [4.69, 9.17) is 0 Å². The monoisotopic (exact) mass is 367 g/mol. The minimum Gasteiger partial charge on any atom is -0.354 e. The number of halogens is 9. The quantitative estimate of drug-likeness (QED) is 0.533. The van der Waals surface area contributed by atoms with Gasteiger partial charge in [0.1, 0.15) is 0 Å². The maximum Gasteiger partial charge on any atom is 0.447 e. The van der Waals surface area contributed by atoms with Crippen LogP contribution in [0.5, 0.6) is 0 Å². The highest BCUT2D eigenvalue weighted by atomic mass is 32.2. The second-order valence-electron chi connectivity index (χ2n) is 2.95. The molecular formula is C7H2F9NS3. The van der Waals surface area contributed by atoms with Crippen LogP contribution >= 0.6 is 35.3 Å². The topological polar surface area (TPSA) is 15.8 Å². The van der Waals surface area contributed by atoms with Gasteiger partial charge in [-0.1, -0.05) is 0 Å². The molecule has 0 aliphatic rings. The van der Waals surface area contributed by atoms with Gasteiger partial charge in [0.15, 0.2) is 0 Å². The van der Waals surface area contributed by atoms with Gasteiger partial charge < -0.3 is 4.98 Å². The number of H-pyrrole nitrogens is 1. The van der Waals surface area contributed by atoms with Gasteiger partial charge in [0, 0.05) is 22.9 Å². The second kappa shape index (κ2) is 5.83. The van der Waals surface area contributed by atoms with Crippen LogP contribution in [0.1, 0.15) is 0 Å². The zero-order chi connectivity index (χ0) is 15.8. The van der Waals surface area contributed by atoms with E-state index in [2.05, 4.69) is 0 Å². The summed E-state index contributed by atoms with van der Waals surface area (Å²) in [6.07, 6.45) is 0.459. The summed E-state index contributed by atoms with van der Waals surface area (Å²) in [5.41, 5.74) is -14.8. The average Bonchev–Trinajstić information content (AvgIpc) is 2.42. The van der Waals surface area contributed by atoms with E-state index in [0.717, 1.165) is 0 Å². The fourth-order valence-electron chi connectivity index (χ4n) is 0.978. The van der Waals surface area contributed by atoms with Gasteiger partial charge in [-0.15, -0.1) is 0 Å². The lowest BCUT2D eigenvalue weighted by Gasteiger charge is -2.11. The second-order valence-corrected chi connectivity index (χ2v) is 6.21. The summed E-state index contributed by atoms with van der Waals surface area (Å²) in [6.45, 7) is 0. The van der Waals surface area contributed by atoms with Crippen molar-refractivity contribution in [3.63, 3.8) is 0 Å². The number of alkyl halides is 9. The molecule has 0 aromatic carbocycles. The number of hydrogen-bond acceptors (Lipinski definition) is 3. The van der Waals surface area contributed by atoms with Gasteiger partial charge in [0.25, 0.3) is 0 Å². The van der Waals surface area contributed by atoms with Gasteiger partial charge in [0.05, 0.1) is 9.92 Å². The first-order valence-corrected chi connectivity index (χ1v) is 6.70. The first-order chi connectivity index (χ1) is 8.77. The first-order valence-electron chi connectivity index (χ1n) is 4.25. The van der Waals surface area contributed by atoms with Crippen molar-refractivity contribution in [3.8, 4) is 0 Å². The maximum absolute atomic E-state index is 12.2. The molecule has 20 heavy (non-hydrogen) atoms. The highest BCUT2D eigenvalue weighted by Gasteiger charge is 2.39. The highest BCUT2D eigenvalue weighted by Crippen LogP contribution is 2.51. The Bertz CT molecular complexity index is 424. The molecule has 0 spiro atoms. The molecule has 0 aliphatic carbocycles. The minimum atomic E-state index is -5.01. The largest absolute Gasteiger partial charge is 0.447 e. The van der Waals surface area contributed by atoms with Gasteiger partial charge in [-0.25, -0.2) is 0 Å². The van der Waals surface area contributed by atoms with Crippen LogP contribution < -0.4 is 0 Å². The van der Waals surface area contributed by atoms with Gasteiger partial charge >= 0.3 is 16.5 Å². The summed E-state index contributed by atoms with van der Waals surface area (Å²) < 4.78 is 109. The van der Waals surface area contributed by atoms with E-state index in [9.17, 15) is 39.5 Å². The molecule has 1 nitrogen and oxygen atoms in total. The van der Waals surface area contributed by atoms with E-state index in [1.54, 1.807) is 4.98 Å². The molecule has 0 amide bonds. The predicted molar refractivity (Wildman–Crippen MR) is 56.5 cm³/mol. The lowest BCUT2D eigenvalue weighted by molar-refractivity contribution is -0.0351. The van der Waals surface area contributed by atoms with Gasteiger partial charge in [0.2, 0.25) is 0 Å². The smallest absolute Gasteiger partial charge is 0.354 e. The number of aromatic amines is 1. The lowest BCUT2D eigenvalue weighted by atomic mass is 10.6. The Labute approximate surface area is 118 Å². The molecule has 1 aromatic rings. The Hall–Kier alpha value is -0.300. The molecule has 1 rings (SSSR count). The fraction of sp³-hybridized carbons (Fsp3) is 0.429. The third-order valence-corrected chi connectivity index (χ3v) is 4.07. The van der Waals surface area contributed by atoms with Crippen molar-refractivity contribution in [1.82, 2.24) is 4.98 Å². The fourth-order valence-corrected chi connectivity index (χ4v) is 3.20. The van der Waals surface area contributed by atoms with Crippen molar-refractivity contribution in [2.24, 2.45) is 0 Å². The van der Waals surface area contributed by atoms with Gasteiger partial charge in [-0.05, 0) is 23.5 Å². The molecular weight excluding hydrogens is 365 g/mol. The zero-order valence-electron chi connectivity index (χ0n) is 8.70. The number of thioether (sulfide) groups is 3. The van der Waals surface area contributed by atoms with Crippen LogP contribution in [-0.4, -0.2) is 21.5 Å². The molecule has 0 unspecified atom stereocenters. The van der Waals surface area contributed by atoms with Crippen LogP contribution in [0, 0.1) is 0 Å². The summed E-state index contributed by atoms with van der Waals surface area (Å²) in [7, 11) is 0. The van der Waals surface area contributed by atoms with E-state index in [-0.39, 0.29) is 0 Å².